The molecule has 6 heterocycles. The van der Waals surface area contributed by atoms with E-state index in [1.165, 1.54) is 49.1 Å². The van der Waals surface area contributed by atoms with Gasteiger partial charge in [0, 0.05) is 77.2 Å². The molecule has 0 spiro atoms. The van der Waals surface area contributed by atoms with Crippen LogP contribution in [0.5, 0.6) is 0 Å². The predicted molar refractivity (Wildman–Crippen MR) is 366 cm³/mol. The molecule has 12 rings (SSSR count). The number of fused-ring (bicyclic) bond motifs is 3. The fraction of sp³-hybridized carbons (Fsp3) is 0.219. The molecule has 0 saturated carbocycles. The normalized spacial score (nSPS) is 13.6. The van der Waals surface area contributed by atoms with Gasteiger partial charge in [-0.2, -0.15) is 0 Å². The lowest BCUT2D eigenvalue weighted by Crippen LogP contribution is -2.41. The summed E-state index contributed by atoms with van der Waals surface area (Å²) in [5.41, 5.74) is 24.0. The van der Waals surface area contributed by atoms with E-state index < -0.39 is 7.12 Å². The van der Waals surface area contributed by atoms with Crippen molar-refractivity contribution in [3.63, 3.8) is 0 Å². The van der Waals surface area contributed by atoms with E-state index in [0.29, 0.717) is 11.0 Å². The van der Waals surface area contributed by atoms with E-state index in [0.717, 1.165) is 78.9 Å². The van der Waals surface area contributed by atoms with E-state index in [9.17, 15) is 13.2 Å². The number of nitrogens with two attached hydrogens (primary N) is 3. The first-order valence-electron chi connectivity index (χ1n) is 26.8. The Morgan fingerprint density at radius 1 is 0.477 bits per heavy atom. The second-order valence-electron chi connectivity index (χ2n) is 20.6. The molecule has 24 heteroatoms. The summed E-state index contributed by atoms with van der Waals surface area (Å²) in [6, 6.07) is 36.9. The minimum absolute atomic E-state index is 0. The molecule has 0 bridgehead atoms. The molecule has 1 aliphatic rings. The van der Waals surface area contributed by atoms with Crippen LogP contribution in [0.4, 0.5) is 36.7 Å². The van der Waals surface area contributed by atoms with E-state index >= 15 is 0 Å². The first kappa shape index (κ1) is 69.3. The van der Waals surface area contributed by atoms with Gasteiger partial charge < -0.3 is 37.1 Å². The van der Waals surface area contributed by atoms with Gasteiger partial charge in [0.05, 0.1) is 27.8 Å². The molecule has 456 valence electrons. The van der Waals surface area contributed by atoms with Crippen molar-refractivity contribution < 1.29 is 22.5 Å². The molecule has 0 radical (unpaired) electrons. The van der Waals surface area contributed by atoms with E-state index in [1.807, 2.05) is 97.0 Å². The molecule has 3 atom stereocenters. The highest BCUT2D eigenvalue weighted by molar-refractivity contribution is 14.1. The predicted octanol–water partition coefficient (Wildman–Crippen LogP) is 14.9. The molecular weight excluding hydrogens is 1370 g/mol. The van der Waals surface area contributed by atoms with E-state index in [4.69, 9.17) is 38.1 Å². The van der Waals surface area contributed by atoms with Crippen molar-refractivity contribution >= 4 is 126 Å². The number of hydrogen-bond donors (Lipinski definition) is 5. The maximum absolute atomic E-state index is 13.2. The number of aromatic nitrogens is 10. The Labute approximate surface area is 543 Å². The molecule has 8 N–H and O–H groups in total. The summed E-state index contributed by atoms with van der Waals surface area (Å²) in [5.74, 6) is 1.27. The topological polar surface area (TPSA) is 249 Å². The zero-order chi connectivity index (χ0) is 61.7. The van der Waals surface area contributed by atoms with Gasteiger partial charge in [-0.15, -0.1) is 0 Å². The van der Waals surface area contributed by atoms with E-state index in [2.05, 4.69) is 112 Å². The highest BCUT2D eigenvalue weighted by atomic mass is 127. The molecule has 1 saturated heterocycles. The van der Waals surface area contributed by atoms with Gasteiger partial charge in [-0.3, -0.25) is 0 Å². The minimum atomic E-state index is -0.425. The highest BCUT2D eigenvalue weighted by Gasteiger charge is 2.52. The van der Waals surface area contributed by atoms with Gasteiger partial charge in [-0.05, 0) is 201 Å². The van der Waals surface area contributed by atoms with Gasteiger partial charge in [0.2, 0.25) is 11.9 Å². The summed E-state index contributed by atoms with van der Waals surface area (Å²) in [4.78, 5) is 41.2. The average Bonchev–Trinajstić information content (AvgIpc) is 3.02. The highest BCUT2D eigenvalue weighted by Crippen LogP contribution is 2.37. The van der Waals surface area contributed by atoms with Crippen molar-refractivity contribution in [2.45, 2.75) is 92.6 Å². The van der Waals surface area contributed by atoms with Crippen molar-refractivity contribution in [2.75, 3.05) is 22.1 Å². The molecule has 0 aliphatic carbocycles. The summed E-state index contributed by atoms with van der Waals surface area (Å²) in [6.07, 6.45) is 11.2. The number of halogens is 6. The first-order chi connectivity index (χ1) is 41.0. The Bertz CT molecular complexity index is 4020. The van der Waals surface area contributed by atoms with Crippen LogP contribution in [0.3, 0.4) is 0 Å². The second-order valence-corrected chi connectivity index (χ2v) is 23.5. The van der Waals surface area contributed by atoms with Gasteiger partial charge in [-0.1, -0.05) is 68.9 Å². The molecule has 6 aromatic carbocycles. The van der Waals surface area contributed by atoms with Crippen LogP contribution in [-0.4, -0.2) is 68.2 Å². The van der Waals surface area contributed by atoms with Crippen molar-refractivity contribution in [1.82, 2.24) is 49.8 Å². The Morgan fingerprint density at radius 2 is 0.852 bits per heavy atom. The first-order valence-corrected chi connectivity index (χ1v) is 29.3. The van der Waals surface area contributed by atoms with Gasteiger partial charge in [0.25, 0.3) is 0 Å². The maximum atomic E-state index is 13.2. The Balaban J connectivity index is 0.000000182. The lowest BCUT2D eigenvalue weighted by Gasteiger charge is -2.32. The summed E-state index contributed by atoms with van der Waals surface area (Å²) in [5, 5.41) is 10.0. The maximum Gasteiger partial charge on any atom is 0.498 e. The van der Waals surface area contributed by atoms with Crippen molar-refractivity contribution in [3.05, 3.63) is 218 Å². The Kier molecular flexibility index (Phi) is 24.7. The summed E-state index contributed by atoms with van der Waals surface area (Å²) in [7, 11) is -0.425. The SMILES string of the molecule is C.C.CC1(C)OB(c2cnc(N)nc2)OC1(C)C.C[C@@H](N)c1ccc(F)cc1.C[C@@H](Nc1ncnc2ccc(-c3cnc(N)nc3)cc12)c1ccc(F)cc1.C[C@@H](Nc1ncnc2ccc(I)cc12)c1ccc(F)cc1.Clc1ncnc2ccc(I)cc12. The number of nitrogens with zero attached hydrogens (tertiary/aromatic N) is 10. The molecule has 88 heavy (non-hydrogen) atoms. The molecule has 5 aromatic heterocycles. The van der Waals surface area contributed by atoms with Gasteiger partial charge in [0.1, 0.15) is 53.2 Å². The van der Waals surface area contributed by atoms with Crippen molar-refractivity contribution in [3.8, 4) is 11.1 Å². The zero-order valence-electron chi connectivity index (χ0n) is 47.8. The lowest BCUT2D eigenvalue weighted by molar-refractivity contribution is 0.00578. The van der Waals surface area contributed by atoms with Crippen LogP contribution in [0.2, 0.25) is 5.15 Å². The number of nitrogens with one attached hydrogen (secondary N) is 2. The van der Waals surface area contributed by atoms with Crippen LogP contribution in [0, 0.1) is 24.6 Å². The average molecular weight is 1440 g/mol. The number of nitrogen functional groups attached to an aromatic ring is 2. The fourth-order valence-corrected chi connectivity index (χ4v) is 9.45. The van der Waals surface area contributed by atoms with Crippen LogP contribution >= 0.6 is 56.8 Å². The fourth-order valence-electron chi connectivity index (χ4n) is 8.27. The van der Waals surface area contributed by atoms with Gasteiger partial charge in [-0.25, -0.2) is 63.0 Å². The third-order valence-corrected chi connectivity index (χ3v) is 15.5. The summed E-state index contributed by atoms with van der Waals surface area (Å²) < 4.78 is 52.4. The standard InChI is InChI=1S/C20H17FN6.C16H13FIN3.C10H16BN3O2.C8H4ClIN2.C8H10FN.2CH4/c1-12(13-2-5-16(21)6-3-13)27-19-17-8-14(4-7-18(17)25-11-26-19)15-9-23-20(22)24-10-15;1-10(11-2-4-12(17)5-3-11)21-16-14-8-13(18)6-7-15(14)19-9-20-16;1-9(2)10(3,4)16-11(15-9)7-5-13-8(12)14-6-7;9-8-6-3-5(10)1-2-7(6)11-4-12-8;1-6(10)7-2-4-8(9)5-3-7;;/h2-12H,1H3,(H2,22,23,24)(H,25,26,27);2-10H,1H3,(H,19,20,21);5-6H,1-4H3,(H2,12,13,14);1-4H;2-6H,10H2,1H3;2*1H4/t12-;10-;;;6-;;/m11..1../s1. The van der Waals surface area contributed by atoms with Crippen molar-refractivity contribution in [1.29, 1.82) is 0 Å². The molecule has 0 unspecified atom stereocenters. The molecule has 11 aromatic rings. The number of rotatable bonds is 9. The second kappa shape index (κ2) is 31.4. The van der Waals surface area contributed by atoms with Crippen LogP contribution < -0.4 is 33.3 Å². The van der Waals surface area contributed by atoms with Crippen LogP contribution in [0.1, 0.15) is 98.1 Å². The number of anilines is 4. The summed E-state index contributed by atoms with van der Waals surface area (Å²) >= 11 is 10.4. The monoisotopic (exact) mass is 1440 g/mol. The van der Waals surface area contributed by atoms with E-state index in [1.54, 1.807) is 67.5 Å². The zero-order valence-corrected chi connectivity index (χ0v) is 52.8. The molecule has 1 aliphatic heterocycles. The largest absolute Gasteiger partial charge is 0.498 e. The van der Waals surface area contributed by atoms with E-state index in [-0.39, 0.29) is 73.5 Å². The lowest BCUT2D eigenvalue weighted by atomic mass is 9.81. The van der Waals surface area contributed by atoms with Crippen LogP contribution in [0.15, 0.2) is 171 Å². The Morgan fingerprint density at radius 3 is 1.30 bits per heavy atom. The minimum Gasteiger partial charge on any atom is -0.399 e. The number of benzene rings is 6. The smallest absolute Gasteiger partial charge is 0.399 e. The molecule has 0 amide bonds. The third kappa shape index (κ3) is 18.6. The van der Waals surface area contributed by atoms with Crippen LogP contribution in [-0.2, 0) is 9.31 Å². The molecule has 17 nitrogen and oxygen atoms in total. The molecule has 1 fully saturated rings. The van der Waals surface area contributed by atoms with Crippen molar-refractivity contribution in [2.24, 2.45) is 5.73 Å². The Hall–Kier alpha value is -7.82. The van der Waals surface area contributed by atoms with Gasteiger partial charge in [0.15, 0.2) is 0 Å². The summed E-state index contributed by atoms with van der Waals surface area (Å²) in [6.45, 7) is 13.9. The molecular formula is C64H68BClF3I2N15O2. The van der Waals surface area contributed by atoms with Gasteiger partial charge >= 0.3 is 7.12 Å². The third-order valence-electron chi connectivity index (χ3n) is 13.8. The number of hydrogen-bond acceptors (Lipinski definition) is 17. The quantitative estimate of drug-likeness (QED) is 0.0512. The van der Waals surface area contributed by atoms with Crippen LogP contribution in [0.25, 0.3) is 43.8 Å².